The number of rotatable bonds is 5. The van der Waals surface area contributed by atoms with Gasteiger partial charge in [-0.05, 0) is 35.7 Å². The lowest BCUT2D eigenvalue weighted by atomic mass is 10.2. The number of hydrogen-bond acceptors (Lipinski definition) is 9. The number of carbonyl (C=O) groups excluding carboxylic acids is 1. The highest BCUT2D eigenvalue weighted by atomic mass is 35.5. The first-order valence-electron chi connectivity index (χ1n) is 8.01. The van der Waals surface area contributed by atoms with Gasteiger partial charge in [0.2, 0.25) is 5.89 Å². The summed E-state index contributed by atoms with van der Waals surface area (Å²) >= 11 is 6.96. The van der Waals surface area contributed by atoms with Crippen LogP contribution in [0.15, 0.2) is 57.3 Å². The molecule has 0 unspecified atom stereocenters. The van der Waals surface area contributed by atoms with Crippen molar-refractivity contribution in [2.24, 2.45) is 0 Å². The number of fused-ring (bicyclic) bond motifs is 1. The molecule has 0 aliphatic rings. The van der Waals surface area contributed by atoms with Crippen molar-refractivity contribution in [3.8, 4) is 17.2 Å². The predicted octanol–water partition coefficient (Wildman–Crippen LogP) is 4.16. The number of oxazole rings is 1. The minimum atomic E-state index is -4.37. The van der Waals surface area contributed by atoms with E-state index in [9.17, 15) is 13.2 Å². The zero-order valence-electron chi connectivity index (χ0n) is 14.7. The Kier molecular flexibility index (Phi) is 4.99. The first-order chi connectivity index (χ1) is 13.9. The molecule has 3 heterocycles. The molecule has 0 atom stereocenters. The minimum absolute atomic E-state index is 0.0952. The Balaban J connectivity index is 1.79. The number of pyridine rings is 1. The van der Waals surface area contributed by atoms with Crippen LogP contribution in [-0.2, 0) is 14.9 Å². The number of nitrogens with zero attached hydrogens (tertiary/aromatic N) is 2. The van der Waals surface area contributed by atoms with Crippen LogP contribution in [0, 0.1) is 0 Å². The molecule has 0 spiro atoms. The molecule has 11 heteroatoms. The molecule has 0 saturated heterocycles. The number of esters is 1. The molecule has 3 aromatic heterocycles. The largest absolute Gasteiger partial charge is 0.465 e. The fourth-order valence-electron chi connectivity index (χ4n) is 2.52. The second-order valence-electron chi connectivity index (χ2n) is 5.63. The van der Waals surface area contributed by atoms with Gasteiger partial charge in [-0.1, -0.05) is 11.6 Å². The van der Waals surface area contributed by atoms with Gasteiger partial charge < -0.3 is 13.3 Å². The van der Waals surface area contributed by atoms with E-state index >= 15 is 0 Å². The number of halogens is 1. The van der Waals surface area contributed by atoms with Gasteiger partial charge in [-0.15, -0.1) is 11.3 Å². The molecule has 4 rings (SSSR count). The van der Waals surface area contributed by atoms with Crippen LogP contribution in [0.3, 0.4) is 0 Å². The fraction of sp³-hybridized carbons (Fsp3) is 0.0556. The summed E-state index contributed by atoms with van der Waals surface area (Å²) in [4.78, 5) is 19.8. The summed E-state index contributed by atoms with van der Waals surface area (Å²) in [6.45, 7) is 0. The number of carbonyl (C=O) groups is 1. The normalized spacial score (nSPS) is 11.5. The number of methoxy groups -OCH3 is 1. The Morgan fingerprint density at radius 2 is 2.07 bits per heavy atom. The predicted molar refractivity (Wildman–Crippen MR) is 106 cm³/mol. The summed E-state index contributed by atoms with van der Waals surface area (Å²) in [6, 6.07) is 9.02. The van der Waals surface area contributed by atoms with Gasteiger partial charge in [0.15, 0.2) is 17.0 Å². The van der Waals surface area contributed by atoms with Crippen LogP contribution in [-0.4, -0.2) is 31.5 Å². The molecule has 1 aromatic carbocycles. The third-order valence-corrected chi connectivity index (χ3v) is 6.34. The first kappa shape index (κ1) is 19.4. The highest BCUT2D eigenvalue weighted by molar-refractivity contribution is 7.87. The lowest BCUT2D eigenvalue weighted by molar-refractivity contribution is 0.0602. The Morgan fingerprint density at radius 3 is 2.83 bits per heavy atom. The molecule has 8 nitrogen and oxygen atoms in total. The van der Waals surface area contributed by atoms with Crippen molar-refractivity contribution in [3.05, 3.63) is 57.9 Å². The van der Waals surface area contributed by atoms with Gasteiger partial charge in [0.05, 0.1) is 12.7 Å². The Morgan fingerprint density at radius 1 is 1.24 bits per heavy atom. The molecule has 0 aliphatic carbocycles. The minimum Gasteiger partial charge on any atom is -0.465 e. The smallest absolute Gasteiger partial charge is 0.349 e. The van der Waals surface area contributed by atoms with E-state index in [-0.39, 0.29) is 32.0 Å². The maximum absolute atomic E-state index is 12.8. The number of hydrogen-bond donors (Lipinski definition) is 0. The zero-order valence-corrected chi connectivity index (χ0v) is 17.0. The van der Waals surface area contributed by atoms with E-state index in [2.05, 4.69) is 14.7 Å². The summed E-state index contributed by atoms with van der Waals surface area (Å²) in [5.74, 6) is -0.774. The SMILES string of the molecule is COC(=O)c1sccc1S(=O)(=O)Oc1cc(Cl)ccc1-c1nc2ncccc2o1. The average Bonchev–Trinajstić information content (AvgIpc) is 3.34. The van der Waals surface area contributed by atoms with Gasteiger partial charge in [-0.2, -0.15) is 13.4 Å². The third kappa shape index (κ3) is 3.69. The van der Waals surface area contributed by atoms with Gasteiger partial charge in [0.1, 0.15) is 9.77 Å². The molecule has 0 amide bonds. The summed E-state index contributed by atoms with van der Waals surface area (Å²) in [6.07, 6.45) is 1.56. The summed E-state index contributed by atoms with van der Waals surface area (Å²) < 4.78 is 41.3. The fourth-order valence-corrected chi connectivity index (χ4v) is 4.94. The lowest BCUT2D eigenvalue weighted by Gasteiger charge is -2.10. The van der Waals surface area contributed by atoms with Crippen molar-refractivity contribution < 1.29 is 26.5 Å². The van der Waals surface area contributed by atoms with E-state index in [1.165, 1.54) is 23.6 Å². The molecule has 0 fully saturated rings. The van der Waals surface area contributed by atoms with E-state index in [1.807, 2.05) is 0 Å². The maximum Gasteiger partial charge on any atom is 0.349 e. The van der Waals surface area contributed by atoms with Crippen LogP contribution in [0.2, 0.25) is 5.02 Å². The molecule has 4 aromatic rings. The Labute approximate surface area is 173 Å². The second kappa shape index (κ2) is 7.47. The third-order valence-electron chi connectivity index (χ3n) is 3.81. The van der Waals surface area contributed by atoms with Crippen LogP contribution < -0.4 is 4.18 Å². The van der Waals surface area contributed by atoms with E-state index in [4.69, 9.17) is 20.2 Å². The van der Waals surface area contributed by atoms with E-state index < -0.39 is 16.1 Å². The van der Waals surface area contributed by atoms with Crippen molar-refractivity contribution >= 4 is 50.3 Å². The van der Waals surface area contributed by atoms with Crippen LogP contribution in [0.1, 0.15) is 9.67 Å². The van der Waals surface area contributed by atoms with E-state index in [0.29, 0.717) is 11.2 Å². The molecule has 29 heavy (non-hydrogen) atoms. The maximum atomic E-state index is 12.8. The van der Waals surface area contributed by atoms with Crippen LogP contribution in [0.5, 0.6) is 5.75 Å². The Hall–Kier alpha value is -2.95. The number of thiophene rings is 1. The van der Waals surface area contributed by atoms with Crippen molar-refractivity contribution in [1.29, 1.82) is 0 Å². The van der Waals surface area contributed by atoms with Gasteiger partial charge in [0.25, 0.3) is 0 Å². The molecular formula is C18H11ClN2O6S2. The zero-order chi connectivity index (χ0) is 20.6. The molecule has 0 bridgehead atoms. The van der Waals surface area contributed by atoms with Crippen molar-refractivity contribution in [2.45, 2.75) is 4.90 Å². The van der Waals surface area contributed by atoms with Gasteiger partial charge >= 0.3 is 16.1 Å². The van der Waals surface area contributed by atoms with Crippen LogP contribution in [0.4, 0.5) is 0 Å². The molecule has 0 radical (unpaired) electrons. The number of benzene rings is 1. The van der Waals surface area contributed by atoms with Gasteiger partial charge in [0, 0.05) is 17.3 Å². The highest BCUT2D eigenvalue weighted by Crippen LogP contribution is 2.36. The van der Waals surface area contributed by atoms with Crippen molar-refractivity contribution in [2.75, 3.05) is 7.11 Å². The van der Waals surface area contributed by atoms with E-state index in [0.717, 1.165) is 18.4 Å². The quantitative estimate of drug-likeness (QED) is 0.329. The average molecular weight is 451 g/mol. The summed E-state index contributed by atoms with van der Waals surface area (Å²) in [5, 5.41) is 1.69. The monoisotopic (exact) mass is 450 g/mol. The first-order valence-corrected chi connectivity index (χ1v) is 10.7. The summed E-state index contributed by atoms with van der Waals surface area (Å²) in [5.41, 5.74) is 1.04. The van der Waals surface area contributed by atoms with Crippen molar-refractivity contribution in [3.63, 3.8) is 0 Å². The molecule has 148 valence electrons. The molecule has 0 saturated carbocycles. The second-order valence-corrected chi connectivity index (χ2v) is 8.49. The molecule has 0 N–H and O–H groups in total. The standard InChI is InChI=1S/C18H11ClN2O6S2/c1-25-18(22)15-14(6-8-28-15)29(23,24)27-13-9-10(19)4-5-11(13)17-21-16-12(26-17)3-2-7-20-16/h2-9H,1H3. The Bertz CT molecular complexity index is 1300. The van der Waals surface area contributed by atoms with Crippen LogP contribution in [0.25, 0.3) is 22.7 Å². The summed E-state index contributed by atoms with van der Waals surface area (Å²) in [7, 11) is -3.20. The lowest BCUT2D eigenvalue weighted by Crippen LogP contribution is -2.13. The molecular weight excluding hydrogens is 440 g/mol. The van der Waals surface area contributed by atoms with E-state index in [1.54, 1.807) is 24.4 Å². The van der Waals surface area contributed by atoms with Gasteiger partial charge in [-0.25, -0.2) is 9.78 Å². The van der Waals surface area contributed by atoms with Crippen LogP contribution >= 0.6 is 22.9 Å². The highest BCUT2D eigenvalue weighted by Gasteiger charge is 2.28. The van der Waals surface area contributed by atoms with Crippen molar-refractivity contribution in [1.82, 2.24) is 9.97 Å². The number of aromatic nitrogens is 2. The number of ether oxygens (including phenoxy) is 1. The molecule has 0 aliphatic heterocycles. The van der Waals surface area contributed by atoms with Gasteiger partial charge in [-0.3, -0.25) is 0 Å². The topological polar surface area (TPSA) is 109 Å².